The third-order valence-electron chi connectivity index (χ3n) is 3.40. The van der Waals surface area contributed by atoms with E-state index in [1.807, 2.05) is 0 Å². The van der Waals surface area contributed by atoms with Crippen molar-refractivity contribution in [2.24, 2.45) is 0 Å². The van der Waals surface area contributed by atoms with Crippen molar-refractivity contribution in [1.29, 1.82) is 0 Å². The SMILES string of the molecule is COc1ccccc1NC(=O)c1ccc(Cl)c(N(C)S(C)(=O)=O)c1. The molecule has 0 heterocycles. The summed E-state index contributed by atoms with van der Waals surface area (Å²) >= 11 is 6.05. The molecule has 2 aromatic rings. The summed E-state index contributed by atoms with van der Waals surface area (Å²) in [4.78, 5) is 12.4. The van der Waals surface area contributed by atoms with Gasteiger partial charge in [0.25, 0.3) is 5.91 Å². The largest absolute Gasteiger partial charge is 0.495 e. The molecule has 1 N–H and O–H groups in total. The normalized spacial score (nSPS) is 11.0. The molecule has 0 radical (unpaired) electrons. The van der Waals surface area contributed by atoms with E-state index in [1.165, 1.54) is 32.4 Å². The molecule has 0 saturated carbocycles. The van der Waals surface area contributed by atoms with Gasteiger partial charge < -0.3 is 10.1 Å². The fourth-order valence-corrected chi connectivity index (χ4v) is 2.82. The van der Waals surface area contributed by atoms with Gasteiger partial charge in [0.2, 0.25) is 10.0 Å². The average molecular weight is 369 g/mol. The van der Waals surface area contributed by atoms with Crippen molar-refractivity contribution >= 4 is 38.9 Å². The lowest BCUT2D eigenvalue weighted by atomic mass is 10.1. The van der Waals surface area contributed by atoms with Crippen molar-refractivity contribution in [2.45, 2.75) is 0 Å². The van der Waals surface area contributed by atoms with Crippen LogP contribution in [0.25, 0.3) is 0 Å². The van der Waals surface area contributed by atoms with Crippen molar-refractivity contribution in [3.05, 3.63) is 53.1 Å². The van der Waals surface area contributed by atoms with Crippen LogP contribution < -0.4 is 14.4 Å². The molecule has 0 aliphatic rings. The highest BCUT2D eigenvalue weighted by Gasteiger charge is 2.18. The lowest BCUT2D eigenvalue weighted by Crippen LogP contribution is -2.25. The maximum Gasteiger partial charge on any atom is 0.255 e. The molecule has 6 nitrogen and oxygen atoms in total. The minimum absolute atomic E-state index is 0.229. The molecule has 2 rings (SSSR count). The summed E-state index contributed by atoms with van der Waals surface area (Å²) in [6.07, 6.45) is 1.06. The molecular formula is C16H17ClN2O4S. The first-order chi connectivity index (χ1) is 11.2. The topological polar surface area (TPSA) is 75.7 Å². The van der Waals surface area contributed by atoms with E-state index < -0.39 is 15.9 Å². The highest BCUT2D eigenvalue weighted by Crippen LogP contribution is 2.29. The van der Waals surface area contributed by atoms with Gasteiger partial charge in [-0.15, -0.1) is 0 Å². The van der Waals surface area contributed by atoms with Gasteiger partial charge >= 0.3 is 0 Å². The lowest BCUT2D eigenvalue weighted by molar-refractivity contribution is 0.102. The zero-order valence-corrected chi connectivity index (χ0v) is 15.0. The van der Waals surface area contributed by atoms with Gasteiger partial charge in [-0.3, -0.25) is 9.10 Å². The zero-order valence-electron chi connectivity index (χ0n) is 13.4. The van der Waals surface area contributed by atoms with E-state index >= 15 is 0 Å². The number of hydrogen-bond donors (Lipinski definition) is 1. The second-order valence-corrected chi connectivity index (χ2v) is 7.47. The molecule has 0 atom stereocenters. The summed E-state index contributed by atoms with van der Waals surface area (Å²) in [7, 11) is -0.613. The highest BCUT2D eigenvalue weighted by atomic mass is 35.5. The molecule has 0 saturated heterocycles. The number of benzene rings is 2. The number of anilines is 2. The first kappa shape index (κ1) is 18.1. The third kappa shape index (κ3) is 3.98. The van der Waals surface area contributed by atoms with Gasteiger partial charge in [-0.05, 0) is 30.3 Å². The quantitative estimate of drug-likeness (QED) is 0.880. The minimum atomic E-state index is -3.49. The highest BCUT2D eigenvalue weighted by molar-refractivity contribution is 7.92. The van der Waals surface area contributed by atoms with Crippen LogP contribution in [0.4, 0.5) is 11.4 Å². The number of nitrogens with one attached hydrogen (secondary N) is 1. The van der Waals surface area contributed by atoms with Crippen LogP contribution in [0.5, 0.6) is 5.75 Å². The molecule has 0 unspecified atom stereocenters. The Hall–Kier alpha value is -2.25. The fraction of sp³-hybridized carbons (Fsp3) is 0.188. The number of amides is 1. The summed E-state index contributed by atoms with van der Waals surface area (Å²) in [6, 6.07) is 11.4. The number of sulfonamides is 1. The van der Waals surface area contributed by atoms with Crippen molar-refractivity contribution in [3.63, 3.8) is 0 Å². The van der Waals surface area contributed by atoms with Crippen LogP contribution in [-0.2, 0) is 10.0 Å². The number of hydrogen-bond acceptors (Lipinski definition) is 4. The van der Waals surface area contributed by atoms with E-state index in [0.29, 0.717) is 11.4 Å². The van der Waals surface area contributed by atoms with Crippen molar-refractivity contribution in [1.82, 2.24) is 0 Å². The smallest absolute Gasteiger partial charge is 0.255 e. The summed E-state index contributed by atoms with van der Waals surface area (Å²) < 4.78 is 29.6. The molecule has 2 aromatic carbocycles. The van der Waals surface area contributed by atoms with Crippen LogP contribution in [-0.4, -0.2) is 34.7 Å². The van der Waals surface area contributed by atoms with Gasteiger partial charge in [-0.2, -0.15) is 0 Å². The van der Waals surface area contributed by atoms with E-state index in [1.54, 1.807) is 24.3 Å². The van der Waals surface area contributed by atoms with E-state index in [-0.39, 0.29) is 16.3 Å². The maximum absolute atomic E-state index is 12.4. The third-order valence-corrected chi connectivity index (χ3v) is 4.91. The van der Waals surface area contributed by atoms with E-state index in [0.717, 1.165) is 10.6 Å². The number of para-hydroxylation sites is 2. The van der Waals surface area contributed by atoms with Gasteiger partial charge in [0.05, 0.1) is 29.8 Å². The predicted molar refractivity (Wildman–Crippen MR) is 95.6 cm³/mol. The molecule has 0 fully saturated rings. The first-order valence-corrected chi connectivity index (χ1v) is 9.14. The fourth-order valence-electron chi connectivity index (χ4n) is 2.02. The lowest BCUT2D eigenvalue weighted by Gasteiger charge is -2.19. The van der Waals surface area contributed by atoms with Crippen LogP contribution in [0.1, 0.15) is 10.4 Å². The molecule has 0 bridgehead atoms. The molecule has 0 aromatic heterocycles. The summed E-state index contributed by atoms with van der Waals surface area (Å²) in [5, 5.41) is 2.96. The summed E-state index contributed by atoms with van der Waals surface area (Å²) in [6.45, 7) is 0. The van der Waals surface area contributed by atoms with Crippen molar-refractivity contribution in [3.8, 4) is 5.75 Å². The van der Waals surface area contributed by atoms with Crippen molar-refractivity contribution < 1.29 is 17.9 Å². The molecule has 0 spiro atoms. The number of nitrogens with zero attached hydrogens (tertiary/aromatic N) is 1. The van der Waals surface area contributed by atoms with Crippen molar-refractivity contribution in [2.75, 3.05) is 30.0 Å². The second-order valence-electron chi connectivity index (χ2n) is 5.05. The second kappa shape index (κ2) is 7.11. The van der Waals surface area contributed by atoms with Gasteiger partial charge in [0.15, 0.2) is 0 Å². The predicted octanol–water partition coefficient (Wildman–Crippen LogP) is 3.00. The van der Waals surface area contributed by atoms with E-state index in [4.69, 9.17) is 16.3 Å². The Morgan fingerprint density at radius 1 is 1.21 bits per heavy atom. The van der Waals surface area contributed by atoms with E-state index in [2.05, 4.69) is 5.32 Å². The van der Waals surface area contributed by atoms with E-state index in [9.17, 15) is 13.2 Å². The van der Waals surface area contributed by atoms with Gasteiger partial charge in [-0.1, -0.05) is 23.7 Å². The Morgan fingerprint density at radius 3 is 2.50 bits per heavy atom. The maximum atomic E-state index is 12.4. The molecule has 24 heavy (non-hydrogen) atoms. The van der Waals surface area contributed by atoms with Gasteiger partial charge in [0.1, 0.15) is 5.75 Å². The number of ether oxygens (including phenoxy) is 1. The molecule has 128 valence electrons. The minimum Gasteiger partial charge on any atom is -0.495 e. The van der Waals surface area contributed by atoms with Crippen LogP contribution in [0.2, 0.25) is 5.02 Å². The van der Waals surface area contributed by atoms with Gasteiger partial charge in [0, 0.05) is 12.6 Å². The van der Waals surface area contributed by atoms with Crippen LogP contribution in [0, 0.1) is 0 Å². The standard InChI is InChI=1S/C16H17ClN2O4S/c1-19(24(3,21)22)14-10-11(8-9-12(14)17)16(20)18-13-6-4-5-7-15(13)23-2/h4-10H,1-3H3,(H,18,20). The Labute approximate surface area is 146 Å². The van der Waals surface area contributed by atoms with Gasteiger partial charge in [-0.25, -0.2) is 8.42 Å². The Bertz CT molecular complexity index is 868. The first-order valence-electron chi connectivity index (χ1n) is 6.92. The monoisotopic (exact) mass is 368 g/mol. The Kier molecular flexibility index (Phi) is 5.36. The Morgan fingerprint density at radius 2 is 1.88 bits per heavy atom. The average Bonchev–Trinajstić information content (AvgIpc) is 2.54. The molecule has 8 heteroatoms. The van der Waals surface area contributed by atoms with Crippen LogP contribution in [0.3, 0.4) is 0 Å². The number of halogens is 1. The summed E-state index contributed by atoms with van der Waals surface area (Å²) in [5.41, 5.74) is 1.01. The molecular weight excluding hydrogens is 352 g/mol. The molecule has 1 amide bonds. The van der Waals surface area contributed by atoms with Crippen LogP contribution in [0.15, 0.2) is 42.5 Å². The number of carbonyl (C=O) groups excluding carboxylic acids is 1. The summed E-state index contributed by atoms with van der Waals surface area (Å²) in [5.74, 6) is 0.118. The molecule has 0 aliphatic carbocycles. The molecule has 0 aliphatic heterocycles. The van der Waals surface area contributed by atoms with Crippen LogP contribution >= 0.6 is 11.6 Å². The zero-order chi connectivity index (χ0) is 17.9. The Balaban J connectivity index is 2.34. The number of methoxy groups -OCH3 is 1. The number of carbonyl (C=O) groups is 1. The number of rotatable bonds is 5.